The number of rotatable bonds is 4. The Bertz CT molecular complexity index is 1350. The van der Waals surface area contributed by atoms with Crippen molar-refractivity contribution in [1.82, 2.24) is 9.55 Å². The van der Waals surface area contributed by atoms with Gasteiger partial charge in [-0.2, -0.15) is 0 Å². The zero-order valence-electron chi connectivity index (χ0n) is 18.1. The Morgan fingerprint density at radius 3 is 2.81 bits per heavy atom. The molecule has 2 aromatic heterocycles. The molecule has 0 amide bonds. The van der Waals surface area contributed by atoms with Crippen molar-refractivity contribution in [2.45, 2.75) is 58.7 Å². The Morgan fingerprint density at radius 1 is 1.34 bits per heavy atom. The van der Waals surface area contributed by atoms with Crippen LogP contribution < -0.4 is 10.3 Å². The molecule has 5 rings (SSSR count). The first-order valence-electron chi connectivity index (χ1n) is 10.7. The van der Waals surface area contributed by atoms with E-state index in [0.29, 0.717) is 5.69 Å². The van der Waals surface area contributed by atoms with Gasteiger partial charge >= 0.3 is 5.97 Å². The van der Waals surface area contributed by atoms with Crippen LogP contribution in [0.1, 0.15) is 49.4 Å². The van der Waals surface area contributed by atoms with E-state index in [4.69, 9.17) is 14.5 Å². The van der Waals surface area contributed by atoms with Crippen LogP contribution in [0.15, 0.2) is 29.1 Å². The maximum absolute atomic E-state index is 14.2. The van der Waals surface area contributed by atoms with Crippen LogP contribution in [-0.4, -0.2) is 27.0 Å². The molecular weight excluding hydrogens is 415 g/mol. The molecule has 8 heteroatoms. The maximum atomic E-state index is 14.2. The SMILES string of the molecule is CCc1cccc2cc3c(nc12)-c1c(OC(C)F)c2c(c(=O)n1C3)COC(=O)[C@]2(O)CC. The number of aliphatic hydroxyl groups is 1. The van der Waals surface area contributed by atoms with Crippen LogP contribution in [0.4, 0.5) is 4.39 Å². The molecule has 2 aliphatic heterocycles. The third-order valence-electron chi connectivity index (χ3n) is 6.35. The molecule has 0 saturated heterocycles. The Morgan fingerprint density at radius 2 is 2.12 bits per heavy atom. The average molecular weight is 438 g/mol. The lowest BCUT2D eigenvalue weighted by atomic mass is 9.85. The van der Waals surface area contributed by atoms with Crippen LogP contribution in [0.5, 0.6) is 5.75 Å². The zero-order chi connectivity index (χ0) is 22.8. The van der Waals surface area contributed by atoms with Crippen molar-refractivity contribution < 1.29 is 23.8 Å². The Labute approximate surface area is 183 Å². The monoisotopic (exact) mass is 438 g/mol. The summed E-state index contributed by atoms with van der Waals surface area (Å²) in [7, 11) is 0. The summed E-state index contributed by atoms with van der Waals surface area (Å²) in [4.78, 5) is 30.8. The molecule has 0 fully saturated rings. The lowest BCUT2D eigenvalue weighted by molar-refractivity contribution is -0.172. The Balaban J connectivity index is 1.90. The molecule has 4 heterocycles. The highest BCUT2D eigenvalue weighted by Crippen LogP contribution is 2.47. The Kier molecular flexibility index (Phi) is 4.60. The van der Waals surface area contributed by atoms with Gasteiger partial charge in [0.05, 0.1) is 28.9 Å². The normalized spacial score (nSPS) is 19.8. The van der Waals surface area contributed by atoms with Crippen LogP contribution in [0.25, 0.3) is 22.3 Å². The van der Waals surface area contributed by atoms with Gasteiger partial charge in [0.2, 0.25) is 6.36 Å². The molecule has 2 aliphatic rings. The number of hydrogen-bond acceptors (Lipinski definition) is 6. The van der Waals surface area contributed by atoms with Crippen molar-refractivity contribution in [3.05, 3.63) is 56.9 Å². The molecule has 3 aromatic rings. The lowest BCUT2D eigenvalue weighted by Gasteiger charge is -2.33. The van der Waals surface area contributed by atoms with Gasteiger partial charge in [0, 0.05) is 17.9 Å². The number of nitrogens with zero attached hydrogens (tertiary/aromatic N) is 2. The number of halogens is 1. The summed E-state index contributed by atoms with van der Waals surface area (Å²) in [5, 5.41) is 12.1. The minimum atomic E-state index is -2.11. The second-order valence-corrected chi connectivity index (χ2v) is 8.21. The number of para-hydroxylation sites is 1. The van der Waals surface area contributed by atoms with E-state index in [-0.39, 0.29) is 42.1 Å². The summed E-state index contributed by atoms with van der Waals surface area (Å²) in [5.74, 6) is -0.915. The number of carbonyl (C=O) groups is 1. The summed E-state index contributed by atoms with van der Waals surface area (Å²) in [5.41, 5.74) is 0.945. The van der Waals surface area contributed by atoms with Crippen molar-refractivity contribution in [1.29, 1.82) is 0 Å². The number of aryl methyl sites for hydroxylation is 1. The van der Waals surface area contributed by atoms with Gasteiger partial charge < -0.3 is 14.6 Å². The van der Waals surface area contributed by atoms with Gasteiger partial charge in [-0.3, -0.25) is 9.36 Å². The number of fused-ring (bicyclic) bond motifs is 5. The van der Waals surface area contributed by atoms with Gasteiger partial charge in [-0.25, -0.2) is 14.2 Å². The second kappa shape index (κ2) is 7.13. The molecule has 0 spiro atoms. The van der Waals surface area contributed by atoms with Crippen molar-refractivity contribution >= 4 is 16.9 Å². The molecule has 1 aromatic carbocycles. The highest BCUT2D eigenvalue weighted by molar-refractivity contribution is 5.90. The van der Waals surface area contributed by atoms with E-state index in [1.807, 2.05) is 31.2 Å². The van der Waals surface area contributed by atoms with E-state index in [9.17, 15) is 19.1 Å². The van der Waals surface area contributed by atoms with E-state index in [1.54, 1.807) is 6.92 Å². The molecule has 1 N–H and O–H groups in total. The van der Waals surface area contributed by atoms with Gasteiger partial charge in [-0.15, -0.1) is 0 Å². The van der Waals surface area contributed by atoms with Gasteiger partial charge in [-0.05, 0) is 24.5 Å². The first-order chi connectivity index (χ1) is 15.3. The van der Waals surface area contributed by atoms with Gasteiger partial charge in [0.1, 0.15) is 12.3 Å². The third-order valence-corrected chi connectivity index (χ3v) is 6.35. The van der Waals surface area contributed by atoms with Crippen LogP contribution in [-0.2, 0) is 34.7 Å². The fourth-order valence-corrected chi connectivity index (χ4v) is 4.75. The fourth-order valence-electron chi connectivity index (χ4n) is 4.75. The smallest absolute Gasteiger partial charge is 0.343 e. The Hall–Kier alpha value is -3.26. The minimum absolute atomic E-state index is 0.0180. The predicted molar refractivity (Wildman–Crippen MR) is 115 cm³/mol. The number of alkyl halides is 1. The lowest BCUT2D eigenvalue weighted by Crippen LogP contribution is -2.45. The van der Waals surface area contributed by atoms with Crippen molar-refractivity contribution in [2.24, 2.45) is 0 Å². The summed E-state index contributed by atoms with van der Waals surface area (Å²) < 4.78 is 26.3. The van der Waals surface area contributed by atoms with Gasteiger partial charge in [-0.1, -0.05) is 32.0 Å². The number of hydrogen-bond donors (Lipinski definition) is 1. The summed E-state index contributed by atoms with van der Waals surface area (Å²) in [6, 6.07) is 7.88. The predicted octanol–water partition coefficient (Wildman–Crippen LogP) is 3.34. The average Bonchev–Trinajstić information content (AvgIpc) is 3.15. The largest absolute Gasteiger partial charge is 0.458 e. The quantitative estimate of drug-likeness (QED) is 0.492. The summed E-state index contributed by atoms with van der Waals surface area (Å²) in [6.45, 7) is 4.76. The molecule has 0 bridgehead atoms. The van der Waals surface area contributed by atoms with Crippen molar-refractivity contribution in [3.8, 4) is 17.1 Å². The van der Waals surface area contributed by atoms with Crippen LogP contribution in [0, 0.1) is 0 Å². The van der Waals surface area contributed by atoms with E-state index >= 15 is 0 Å². The van der Waals surface area contributed by atoms with Crippen LogP contribution in [0.2, 0.25) is 0 Å². The van der Waals surface area contributed by atoms with E-state index in [0.717, 1.165) is 28.5 Å². The molecule has 7 nitrogen and oxygen atoms in total. The van der Waals surface area contributed by atoms with Crippen LogP contribution >= 0.6 is 0 Å². The number of benzene rings is 1. The number of ether oxygens (including phenoxy) is 2. The summed E-state index contributed by atoms with van der Waals surface area (Å²) in [6.07, 6.45) is -1.03. The molecule has 166 valence electrons. The molecule has 1 unspecified atom stereocenters. The first kappa shape index (κ1) is 20.6. The highest BCUT2D eigenvalue weighted by Gasteiger charge is 2.49. The molecular formula is C24H23FN2O5. The zero-order valence-corrected chi connectivity index (χ0v) is 18.1. The highest BCUT2D eigenvalue weighted by atomic mass is 19.1. The molecule has 0 aliphatic carbocycles. The van der Waals surface area contributed by atoms with Crippen molar-refractivity contribution in [3.63, 3.8) is 0 Å². The number of esters is 1. The van der Waals surface area contributed by atoms with Gasteiger partial charge in [0.25, 0.3) is 5.56 Å². The molecule has 32 heavy (non-hydrogen) atoms. The van der Waals surface area contributed by atoms with Crippen molar-refractivity contribution in [2.75, 3.05) is 0 Å². The number of pyridine rings is 2. The first-order valence-corrected chi connectivity index (χ1v) is 10.7. The number of aromatic nitrogens is 2. The van der Waals surface area contributed by atoms with E-state index < -0.39 is 23.5 Å². The fraction of sp³-hybridized carbons (Fsp3) is 0.375. The van der Waals surface area contributed by atoms with Gasteiger partial charge in [0.15, 0.2) is 11.4 Å². The molecule has 0 radical (unpaired) electrons. The number of cyclic esters (lactones) is 1. The summed E-state index contributed by atoms with van der Waals surface area (Å²) >= 11 is 0. The second-order valence-electron chi connectivity index (χ2n) is 8.21. The van der Waals surface area contributed by atoms with Crippen LogP contribution in [0.3, 0.4) is 0 Å². The minimum Gasteiger partial charge on any atom is -0.458 e. The number of carbonyl (C=O) groups excluding carboxylic acids is 1. The third kappa shape index (κ3) is 2.72. The molecule has 0 saturated carbocycles. The maximum Gasteiger partial charge on any atom is 0.343 e. The topological polar surface area (TPSA) is 90.6 Å². The standard InChI is InChI=1S/C24H23FN2O5/c1-4-13-7-6-8-14-9-15-10-27-20(19(15)26-18(13)14)21(32-12(3)25)17-16(22(27)28)11-31-23(29)24(17,30)5-2/h6-9,12,30H,4-5,10-11H2,1-3H3/t12?,24-/m0/s1. The van der Waals surface area contributed by atoms with E-state index in [1.165, 1.54) is 11.5 Å². The van der Waals surface area contributed by atoms with E-state index in [2.05, 4.69) is 0 Å². The molecule has 2 atom stereocenters.